The van der Waals surface area contributed by atoms with Crippen LogP contribution in [-0.2, 0) is 16.0 Å². The molecule has 4 aromatic rings. The second-order valence-corrected chi connectivity index (χ2v) is 13.9. The molecule has 0 bridgehead atoms. The van der Waals surface area contributed by atoms with Crippen LogP contribution in [0.3, 0.4) is 0 Å². The van der Waals surface area contributed by atoms with E-state index in [0.29, 0.717) is 40.4 Å². The van der Waals surface area contributed by atoms with Crippen molar-refractivity contribution in [2.75, 3.05) is 13.1 Å². The Kier molecular flexibility index (Phi) is 16.4. The molecule has 2 atom stereocenters. The molecule has 0 saturated carbocycles. The van der Waals surface area contributed by atoms with E-state index in [1.807, 2.05) is 74.5 Å². The summed E-state index contributed by atoms with van der Waals surface area (Å²) >= 11 is 0. The van der Waals surface area contributed by atoms with E-state index in [9.17, 15) is 19.2 Å². The van der Waals surface area contributed by atoms with Gasteiger partial charge in [-0.05, 0) is 61.6 Å². The second kappa shape index (κ2) is 21.8. The summed E-state index contributed by atoms with van der Waals surface area (Å²) in [5.41, 5.74) is 21.5. The van der Waals surface area contributed by atoms with Crippen LogP contribution in [0.1, 0.15) is 77.1 Å². The van der Waals surface area contributed by atoms with E-state index in [2.05, 4.69) is 41.7 Å². The van der Waals surface area contributed by atoms with Crippen molar-refractivity contribution in [2.24, 2.45) is 43.5 Å². The highest BCUT2D eigenvalue weighted by Gasteiger charge is 2.24. The highest BCUT2D eigenvalue weighted by molar-refractivity contribution is 6.13. The molecule has 0 spiro atoms. The molecule has 0 fully saturated rings. The molecule has 0 unspecified atom stereocenters. The first kappa shape index (κ1) is 43.6. The van der Waals surface area contributed by atoms with Gasteiger partial charge in [-0.25, -0.2) is 0 Å². The molecule has 4 rings (SSSR count). The SMILES string of the molecule is C/C(N)=N/N=C(\C)c1ccc(C(=O)N[C@@H](CC(C)C)C(=O)NCCNC(=O)[C@H](Cc2ccccc2)NC(=O)c2ccc(/C(=N/N=C(N)N)c3ccccc3)cc2)cc1. The highest BCUT2D eigenvalue weighted by atomic mass is 16.2. The summed E-state index contributed by atoms with van der Waals surface area (Å²) in [4.78, 5) is 53.5. The molecule has 0 radical (unpaired) electrons. The Morgan fingerprint density at radius 2 is 1.02 bits per heavy atom. The number of carbonyl (C=O) groups excluding carboxylic acids is 4. The predicted octanol–water partition coefficient (Wildman–Crippen LogP) is 3.23. The van der Waals surface area contributed by atoms with Crippen molar-refractivity contribution in [3.8, 4) is 0 Å². The van der Waals surface area contributed by atoms with Crippen molar-refractivity contribution < 1.29 is 19.2 Å². The molecule has 302 valence electrons. The smallest absolute Gasteiger partial charge is 0.251 e. The van der Waals surface area contributed by atoms with Crippen LogP contribution in [0.2, 0.25) is 0 Å². The number of rotatable bonds is 18. The van der Waals surface area contributed by atoms with Crippen LogP contribution in [0.25, 0.3) is 0 Å². The van der Waals surface area contributed by atoms with Gasteiger partial charge >= 0.3 is 0 Å². The first-order valence-electron chi connectivity index (χ1n) is 18.8. The van der Waals surface area contributed by atoms with Crippen LogP contribution in [0.5, 0.6) is 0 Å². The average Bonchev–Trinajstić information content (AvgIpc) is 3.21. The van der Waals surface area contributed by atoms with Crippen LogP contribution in [-0.4, -0.2) is 72.0 Å². The van der Waals surface area contributed by atoms with Crippen molar-refractivity contribution in [1.82, 2.24) is 21.3 Å². The first-order chi connectivity index (χ1) is 27.8. The summed E-state index contributed by atoms with van der Waals surface area (Å²) in [5, 5.41) is 27.3. The van der Waals surface area contributed by atoms with Gasteiger partial charge in [-0.3, -0.25) is 19.2 Å². The summed E-state index contributed by atoms with van der Waals surface area (Å²) in [7, 11) is 0. The standard InChI is InChI=1S/C43H51N11O4/c1-27(2)25-36(49-39(55)34-19-15-31(16-20-34)28(3)51-52-29(4)44)41(57)47-23-24-48-42(58)37(26-30-11-7-5-8-12-30)50-40(56)35-21-17-33(18-22-35)38(53-54-43(45)46)32-13-9-6-10-14-32/h5-22,27,36-37H,23-26H2,1-4H3,(H2,44,52)(H,47,57)(H,48,58)(H,49,55)(H,50,56)(H4,45,46,54)/b51-28+,53-38+/t36-,37-/m0/s1. The zero-order valence-electron chi connectivity index (χ0n) is 33.1. The van der Waals surface area contributed by atoms with Crippen LogP contribution in [0.15, 0.2) is 130 Å². The first-order valence-corrected chi connectivity index (χ1v) is 18.8. The minimum atomic E-state index is -0.930. The molecule has 15 heteroatoms. The summed E-state index contributed by atoms with van der Waals surface area (Å²) in [5.74, 6) is -1.45. The molecular formula is C43H51N11O4. The summed E-state index contributed by atoms with van der Waals surface area (Å²) < 4.78 is 0. The van der Waals surface area contributed by atoms with Gasteiger partial charge in [-0.15, -0.1) is 15.3 Å². The molecule has 0 heterocycles. The van der Waals surface area contributed by atoms with Gasteiger partial charge in [0.25, 0.3) is 11.8 Å². The van der Waals surface area contributed by atoms with Gasteiger partial charge in [0.2, 0.25) is 17.8 Å². The van der Waals surface area contributed by atoms with Gasteiger partial charge in [0.05, 0.1) is 5.71 Å². The largest absolute Gasteiger partial charge is 0.386 e. The molecule has 0 aliphatic carbocycles. The zero-order chi connectivity index (χ0) is 42.0. The van der Waals surface area contributed by atoms with Crippen LogP contribution >= 0.6 is 0 Å². The van der Waals surface area contributed by atoms with Crippen molar-refractivity contribution >= 4 is 46.8 Å². The Balaban J connectivity index is 1.38. The number of amides is 4. The quantitative estimate of drug-likeness (QED) is 0.0343. The third-order valence-corrected chi connectivity index (χ3v) is 8.61. The molecule has 0 saturated heterocycles. The van der Waals surface area contributed by atoms with Crippen molar-refractivity contribution in [2.45, 2.75) is 52.6 Å². The van der Waals surface area contributed by atoms with Gasteiger partial charge in [-0.2, -0.15) is 5.10 Å². The van der Waals surface area contributed by atoms with Gasteiger partial charge in [0.15, 0.2) is 0 Å². The molecule has 0 aliphatic rings. The predicted molar refractivity (Wildman–Crippen MR) is 228 cm³/mol. The van der Waals surface area contributed by atoms with Crippen LogP contribution in [0, 0.1) is 5.92 Å². The molecule has 10 N–H and O–H groups in total. The second-order valence-electron chi connectivity index (χ2n) is 13.9. The van der Waals surface area contributed by atoms with E-state index in [1.165, 1.54) is 0 Å². The van der Waals surface area contributed by atoms with Crippen LogP contribution in [0.4, 0.5) is 0 Å². The molecule has 58 heavy (non-hydrogen) atoms. The molecule has 15 nitrogen and oxygen atoms in total. The van der Waals surface area contributed by atoms with E-state index in [1.54, 1.807) is 62.4 Å². The lowest BCUT2D eigenvalue weighted by Gasteiger charge is -2.21. The maximum Gasteiger partial charge on any atom is 0.251 e. The van der Waals surface area contributed by atoms with Gasteiger partial charge in [-0.1, -0.05) is 98.8 Å². The fraction of sp³-hybridized carbons (Fsp3) is 0.256. The number of hydrogen-bond acceptors (Lipinski definition) is 8. The lowest BCUT2D eigenvalue weighted by atomic mass is 10.0. The lowest BCUT2D eigenvalue weighted by Crippen LogP contribution is -2.51. The average molecular weight is 786 g/mol. The van der Waals surface area contributed by atoms with E-state index in [-0.39, 0.29) is 37.3 Å². The number of hydrogen-bond donors (Lipinski definition) is 7. The topological polar surface area (TPSA) is 244 Å². The summed E-state index contributed by atoms with van der Waals surface area (Å²) in [6.07, 6.45) is 0.621. The Morgan fingerprint density at radius 1 is 0.552 bits per heavy atom. The van der Waals surface area contributed by atoms with Gasteiger partial charge in [0, 0.05) is 41.8 Å². The number of nitrogens with zero attached hydrogens (tertiary/aromatic N) is 4. The van der Waals surface area contributed by atoms with E-state index in [0.717, 1.165) is 16.7 Å². The van der Waals surface area contributed by atoms with E-state index in [4.69, 9.17) is 17.2 Å². The van der Waals surface area contributed by atoms with Gasteiger partial charge in [0.1, 0.15) is 23.6 Å². The number of guanidine groups is 1. The Labute approximate surface area is 338 Å². The van der Waals surface area contributed by atoms with E-state index < -0.39 is 29.8 Å². The Morgan fingerprint density at radius 3 is 1.53 bits per heavy atom. The Hall–Kier alpha value is -7.16. The molecule has 0 aromatic heterocycles. The summed E-state index contributed by atoms with van der Waals surface area (Å²) in [6, 6.07) is 30.4. The van der Waals surface area contributed by atoms with Crippen molar-refractivity contribution in [3.05, 3.63) is 143 Å². The molecule has 0 aliphatic heterocycles. The summed E-state index contributed by atoms with van der Waals surface area (Å²) in [6.45, 7) is 7.49. The number of benzene rings is 4. The van der Waals surface area contributed by atoms with Gasteiger partial charge < -0.3 is 38.5 Å². The molecule has 4 aromatic carbocycles. The molecular weight excluding hydrogens is 735 g/mol. The minimum Gasteiger partial charge on any atom is -0.386 e. The third-order valence-electron chi connectivity index (χ3n) is 8.61. The van der Waals surface area contributed by atoms with Crippen LogP contribution < -0.4 is 38.5 Å². The Bertz CT molecular complexity index is 2120. The number of carbonyl (C=O) groups is 4. The minimum absolute atomic E-state index is 0.0796. The van der Waals surface area contributed by atoms with Crippen molar-refractivity contribution in [3.63, 3.8) is 0 Å². The van der Waals surface area contributed by atoms with Crippen molar-refractivity contribution in [1.29, 1.82) is 0 Å². The number of nitrogens with one attached hydrogen (secondary N) is 4. The zero-order valence-corrected chi connectivity index (χ0v) is 33.1. The fourth-order valence-electron chi connectivity index (χ4n) is 5.70. The lowest BCUT2D eigenvalue weighted by molar-refractivity contribution is -0.124. The third kappa shape index (κ3) is 13.8. The fourth-order valence-corrected chi connectivity index (χ4v) is 5.70. The monoisotopic (exact) mass is 785 g/mol. The highest BCUT2D eigenvalue weighted by Crippen LogP contribution is 2.14. The maximum absolute atomic E-state index is 13.5. The number of amidine groups is 1. The number of nitrogens with two attached hydrogens (primary N) is 3. The van der Waals surface area contributed by atoms with E-state index >= 15 is 0 Å². The molecule has 4 amide bonds. The maximum atomic E-state index is 13.5. The normalized spacial score (nSPS) is 12.9.